The number of carbonyl (C=O) groups is 1. The lowest BCUT2D eigenvalue weighted by Gasteiger charge is -2.10. The molecular formula is C28H50N2O10. The Morgan fingerprint density at radius 1 is 0.575 bits per heavy atom. The van der Waals surface area contributed by atoms with E-state index in [4.69, 9.17) is 42.6 Å². The van der Waals surface area contributed by atoms with Crippen LogP contribution in [0.5, 0.6) is 0 Å². The van der Waals surface area contributed by atoms with Crippen LogP contribution in [-0.4, -0.2) is 144 Å². The zero-order valence-corrected chi connectivity index (χ0v) is 24.4. The molecule has 1 aromatic carbocycles. The van der Waals surface area contributed by atoms with Crippen molar-refractivity contribution in [2.24, 2.45) is 0 Å². The Hall–Kier alpha value is -1.87. The first-order valence-electron chi connectivity index (χ1n) is 13.9. The summed E-state index contributed by atoms with van der Waals surface area (Å²) in [4.78, 5) is 13.7. The Morgan fingerprint density at radius 3 is 1.35 bits per heavy atom. The van der Waals surface area contributed by atoms with Gasteiger partial charge in [-0.05, 0) is 19.7 Å². The number of hydrogen-bond donors (Lipinski definition) is 1. The molecule has 0 aromatic heterocycles. The van der Waals surface area contributed by atoms with Gasteiger partial charge in [0.05, 0.1) is 106 Å². The van der Waals surface area contributed by atoms with E-state index in [-0.39, 0.29) is 6.61 Å². The van der Waals surface area contributed by atoms with Crippen molar-refractivity contribution in [3.63, 3.8) is 0 Å². The normalized spacial score (nSPS) is 11.3. The maximum Gasteiger partial charge on any atom is 0.407 e. The monoisotopic (exact) mass is 574 g/mol. The lowest BCUT2D eigenvalue weighted by atomic mass is 10.2. The highest BCUT2D eigenvalue weighted by Crippen LogP contribution is 2.00. The molecule has 0 spiro atoms. The third-order valence-corrected chi connectivity index (χ3v) is 5.02. The van der Waals surface area contributed by atoms with Crippen LogP contribution in [0.4, 0.5) is 4.79 Å². The van der Waals surface area contributed by atoms with Gasteiger partial charge in [0, 0.05) is 13.1 Å². The van der Waals surface area contributed by atoms with E-state index in [0.717, 1.165) is 12.1 Å². The number of amides is 1. The van der Waals surface area contributed by atoms with Crippen molar-refractivity contribution < 1.29 is 47.4 Å². The zero-order valence-electron chi connectivity index (χ0n) is 24.4. The molecule has 0 aliphatic rings. The summed E-state index contributed by atoms with van der Waals surface area (Å²) in [5.41, 5.74) is 0.941. The van der Waals surface area contributed by atoms with Crippen LogP contribution in [0.25, 0.3) is 0 Å². The minimum absolute atomic E-state index is 0.243. The van der Waals surface area contributed by atoms with Gasteiger partial charge in [-0.2, -0.15) is 0 Å². The molecule has 232 valence electrons. The Labute approximate surface area is 239 Å². The van der Waals surface area contributed by atoms with Gasteiger partial charge in [-0.25, -0.2) is 4.79 Å². The first-order chi connectivity index (χ1) is 19.7. The average molecular weight is 575 g/mol. The number of nitrogens with one attached hydrogen (secondary N) is 1. The minimum atomic E-state index is -0.465. The number of ether oxygens (including phenoxy) is 9. The van der Waals surface area contributed by atoms with E-state index in [1.54, 1.807) is 0 Å². The molecule has 1 N–H and O–H groups in total. The van der Waals surface area contributed by atoms with Crippen LogP contribution in [-0.2, 0) is 49.2 Å². The smallest absolute Gasteiger partial charge is 0.407 e. The van der Waals surface area contributed by atoms with Crippen LogP contribution < -0.4 is 5.32 Å². The van der Waals surface area contributed by atoms with Crippen molar-refractivity contribution in [2.75, 3.05) is 133 Å². The molecule has 40 heavy (non-hydrogen) atoms. The van der Waals surface area contributed by atoms with Gasteiger partial charge in [-0.3, -0.25) is 0 Å². The molecule has 0 atom stereocenters. The fraction of sp³-hybridized carbons (Fsp3) is 0.750. The number of benzene rings is 1. The summed E-state index contributed by atoms with van der Waals surface area (Å²) < 4.78 is 48.7. The fourth-order valence-corrected chi connectivity index (χ4v) is 2.89. The third-order valence-electron chi connectivity index (χ3n) is 5.02. The molecule has 0 saturated carbocycles. The second-order valence-electron chi connectivity index (χ2n) is 8.69. The van der Waals surface area contributed by atoms with Gasteiger partial charge in [-0.1, -0.05) is 30.3 Å². The van der Waals surface area contributed by atoms with Gasteiger partial charge in [0.15, 0.2) is 0 Å². The van der Waals surface area contributed by atoms with Gasteiger partial charge in [0.25, 0.3) is 0 Å². The van der Waals surface area contributed by atoms with Crippen LogP contribution in [0.2, 0.25) is 0 Å². The molecule has 0 bridgehead atoms. The Balaban J connectivity index is 1.66. The van der Waals surface area contributed by atoms with Crippen molar-refractivity contribution in [3.8, 4) is 0 Å². The molecule has 0 aliphatic heterocycles. The first kappa shape index (κ1) is 36.2. The predicted molar refractivity (Wildman–Crippen MR) is 150 cm³/mol. The number of hydrogen-bond acceptors (Lipinski definition) is 11. The lowest BCUT2D eigenvalue weighted by molar-refractivity contribution is -0.0232. The third kappa shape index (κ3) is 26.4. The van der Waals surface area contributed by atoms with Crippen LogP contribution in [0.15, 0.2) is 30.3 Å². The summed E-state index contributed by atoms with van der Waals surface area (Å²) in [6.07, 6.45) is -0.465. The quantitative estimate of drug-likeness (QED) is 0.141. The molecular weight excluding hydrogens is 524 g/mol. The molecule has 0 heterocycles. The minimum Gasteiger partial charge on any atom is -0.445 e. The molecule has 1 rings (SSSR count). The predicted octanol–water partition coefficient (Wildman–Crippen LogP) is 1.61. The van der Waals surface area contributed by atoms with Crippen molar-refractivity contribution in [3.05, 3.63) is 35.9 Å². The van der Waals surface area contributed by atoms with Gasteiger partial charge in [0.2, 0.25) is 0 Å². The van der Waals surface area contributed by atoms with Gasteiger partial charge in [-0.15, -0.1) is 0 Å². The highest BCUT2D eigenvalue weighted by molar-refractivity contribution is 5.67. The highest BCUT2D eigenvalue weighted by Gasteiger charge is 2.01. The van der Waals surface area contributed by atoms with E-state index in [2.05, 4.69) is 10.2 Å². The van der Waals surface area contributed by atoms with E-state index < -0.39 is 6.09 Å². The summed E-state index contributed by atoms with van der Waals surface area (Å²) in [7, 11) is 4.03. The lowest BCUT2D eigenvalue weighted by Crippen LogP contribution is -2.28. The number of rotatable bonds is 29. The van der Waals surface area contributed by atoms with E-state index in [9.17, 15) is 4.79 Å². The van der Waals surface area contributed by atoms with E-state index in [0.29, 0.717) is 112 Å². The first-order valence-corrected chi connectivity index (χ1v) is 13.9. The van der Waals surface area contributed by atoms with Crippen molar-refractivity contribution in [1.82, 2.24) is 10.2 Å². The average Bonchev–Trinajstić information content (AvgIpc) is 2.96. The van der Waals surface area contributed by atoms with Crippen molar-refractivity contribution >= 4 is 6.09 Å². The second-order valence-corrected chi connectivity index (χ2v) is 8.69. The maximum absolute atomic E-state index is 11.6. The largest absolute Gasteiger partial charge is 0.445 e. The number of likely N-dealkylation sites (N-methyl/N-ethyl adjacent to an activating group) is 1. The standard InChI is InChI=1S/C28H50N2O10/c1-30(2)9-11-33-13-15-35-17-19-37-21-23-39-25-24-38-22-20-36-18-16-34-14-12-32-10-8-29-28(31)40-26-27-6-4-3-5-7-27/h3-7H,8-26H2,1-2H3,(H,29,31). The van der Waals surface area contributed by atoms with Crippen molar-refractivity contribution in [2.45, 2.75) is 6.61 Å². The number of carbonyl (C=O) groups excluding carboxylic acids is 1. The topological polar surface area (TPSA) is 115 Å². The van der Waals surface area contributed by atoms with Crippen LogP contribution >= 0.6 is 0 Å². The summed E-state index contributed by atoms with van der Waals surface area (Å²) in [5, 5.41) is 2.64. The van der Waals surface area contributed by atoms with E-state index in [1.807, 2.05) is 44.4 Å². The molecule has 12 heteroatoms. The van der Waals surface area contributed by atoms with Crippen molar-refractivity contribution in [1.29, 1.82) is 0 Å². The molecule has 0 radical (unpaired) electrons. The fourth-order valence-electron chi connectivity index (χ4n) is 2.89. The Bertz CT molecular complexity index is 670. The number of alkyl carbamates (subject to hydrolysis) is 1. The summed E-state index contributed by atoms with van der Waals surface area (Å²) >= 11 is 0. The maximum atomic E-state index is 11.6. The Morgan fingerprint density at radius 2 is 0.950 bits per heavy atom. The molecule has 0 fully saturated rings. The zero-order chi connectivity index (χ0) is 28.8. The van der Waals surface area contributed by atoms with Gasteiger partial charge >= 0.3 is 6.09 Å². The summed E-state index contributed by atoms with van der Waals surface area (Å²) in [6, 6.07) is 9.52. The molecule has 0 unspecified atom stereocenters. The SMILES string of the molecule is CN(C)CCOCCOCCOCCOCCOCCOCCOCCOCCNC(=O)OCc1ccccc1. The molecule has 1 amide bonds. The number of nitrogens with zero attached hydrogens (tertiary/aromatic N) is 1. The van der Waals surface area contributed by atoms with Crippen LogP contribution in [0, 0.1) is 0 Å². The molecule has 1 aromatic rings. The molecule has 0 saturated heterocycles. The van der Waals surface area contributed by atoms with Gasteiger partial charge in [0.1, 0.15) is 6.61 Å². The summed E-state index contributed by atoms with van der Waals surface area (Å²) in [5.74, 6) is 0. The van der Waals surface area contributed by atoms with Crippen LogP contribution in [0.1, 0.15) is 5.56 Å². The van der Waals surface area contributed by atoms with Crippen LogP contribution in [0.3, 0.4) is 0 Å². The summed E-state index contributed by atoms with van der Waals surface area (Å²) in [6.45, 7) is 9.81. The van der Waals surface area contributed by atoms with Gasteiger partial charge < -0.3 is 52.8 Å². The van der Waals surface area contributed by atoms with E-state index >= 15 is 0 Å². The van der Waals surface area contributed by atoms with E-state index in [1.165, 1.54) is 0 Å². The molecule has 12 nitrogen and oxygen atoms in total. The Kier molecular flexibility index (Phi) is 25.9. The highest BCUT2D eigenvalue weighted by atomic mass is 16.6. The molecule has 0 aliphatic carbocycles. The second kappa shape index (κ2) is 28.7.